The Hall–Kier alpha value is -2.27. The summed E-state index contributed by atoms with van der Waals surface area (Å²) in [5, 5.41) is 23.6. The molecule has 4 nitrogen and oxygen atoms in total. The molecule has 3 aromatic rings. The fraction of sp³-hybridized carbons (Fsp3) is 0.0625. The molecular formula is C16H13BrN2O2. The van der Waals surface area contributed by atoms with Gasteiger partial charge in [0, 0.05) is 28.2 Å². The molecule has 0 aliphatic heterocycles. The van der Waals surface area contributed by atoms with Crippen LogP contribution in [-0.4, -0.2) is 15.2 Å². The van der Waals surface area contributed by atoms with Crippen molar-refractivity contribution in [1.82, 2.24) is 4.98 Å². The number of nitrogens with one attached hydrogen (secondary N) is 1. The molecule has 0 unspecified atom stereocenters. The highest BCUT2D eigenvalue weighted by Crippen LogP contribution is 2.30. The van der Waals surface area contributed by atoms with Crippen LogP contribution in [0.2, 0.25) is 0 Å². The second-order valence-corrected chi connectivity index (χ2v) is 5.58. The number of phenolic OH excluding ortho intramolecular Hbond substituents is 2. The predicted molar refractivity (Wildman–Crippen MR) is 86.5 cm³/mol. The van der Waals surface area contributed by atoms with Gasteiger partial charge in [-0.05, 0) is 34.1 Å². The SMILES string of the molecule is Oc1cccc(CNc2cccc3cc(Br)cnc23)c1O. The molecule has 0 fully saturated rings. The van der Waals surface area contributed by atoms with Gasteiger partial charge in [-0.15, -0.1) is 0 Å². The largest absolute Gasteiger partial charge is 0.504 e. The van der Waals surface area contributed by atoms with Crippen LogP contribution in [0.5, 0.6) is 11.5 Å². The molecule has 2 aromatic carbocycles. The van der Waals surface area contributed by atoms with Crippen molar-refractivity contribution in [3.63, 3.8) is 0 Å². The molecule has 0 saturated heterocycles. The first-order valence-corrected chi connectivity index (χ1v) is 7.22. The minimum atomic E-state index is -0.116. The number of hydrogen-bond donors (Lipinski definition) is 3. The molecule has 0 radical (unpaired) electrons. The summed E-state index contributed by atoms with van der Waals surface area (Å²) < 4.78 is 0.928. The molecular weight excluding hydrogens is 332 g/mol. The molecule has 0 spiro atoms. The van der Waals surface area contributed by atoms with Crippen molar-refractivity contribution in [1.29, 1.82) is 0 Å². The lowest BCUT2D eigenvalue weighted by Crippen LogP contribution is -2.01. The molecule has 106 valence electrons. The second kappa shape index (κ2) is 5.61. The van der Waals surface area contributed by atoms with Gasteiger partial charge in [0.25, 0.3) is 0 Å². The van der Waals surface area contributed by atoms with Gasteiger partial charge in [0.05, 0.1) is 11.2 Å². The van der Waals surface area contributed by atoms with E-state index in [1.807, 2.05) is 24.3 Å². The van der Waals surface area contributed by atoms with Crippen molar-refractivity contribution >= 4 is 32.5 Å². The molecule has 0 atom stereocenters. The molecule has 0 aliphatic carbocycles. The summed E-state index contributed by atoms with van der Waals surface area (Å²) in [5.41, 5.74) is 2.37. The number of aromatic nitrogens is 1. The van der Waals surface area contributed by atoms with Gasteiger partial charge in [0.2, 0.25) is 0 Å². The minimum absolute atomic E-state index is 0.0964. The average Bonchev–Trinajstić information content (AvgIpc) is 2.48. The lowest BCUT2D eigenvalue weighted by Gasteiger charge is -2.11. The summed E-state index contributed by atoms with van der Waals surface area (Å²) in [6.45, 7) is 0.400. The Kier molecular flexibility index (Phi) is 3.66. The fourth-order valence-corrected chi connectivity index (χ4v) is 2.54. The molecule has 0 bridgehead atoms. The van der Waals surface area contributed by atoms with Crippen molar-refractivity contribution < 1.29 is 10.2 Å². The van der Waals surface area contributed by atoms with Gasteiger partial charge in [0.15, 0.2) is 11.5 Å². The number of phenols is 2. The number of hydrogen-bond acceptors (Lipinski definition) is 4. The van der Waals surface area contributed by atoms with Crippen LogP contribution in [0.25, 0.3) is 10.9 Å². The van der Waals surface area contributed by atoms with E-state index in [1.165, 1.54) is 6.07 Å². The van der Waals surface area contributed by atoms with E-state index in [4.69, 9.17) is 0 Å². The summed E-state index contributed by atoms with van der Waals surface area (Å²) in [5.74, 6) is -0.213. The van der Waals surface area contributed by atoms with E-state index in [1.54, 1.807) is 18.3 Å². The van der Waals surface area contributed by atoms with E-state index in [0.29, 0.717) is 12.1 Å². The smallest absolute Gasteiger partial charge is 0.162 e. The highest BCUT2D eigenvalue weighted by Gasteiger charge is 2.07. The Morgan fingerprint density at radius 3 is 2.76 bits per heavy atom. The number of halogens is 1. The van der Waals surface area contributed by atoms with Crippen molar-refractivity contribution in [2.45, 2.75) is 6.54 Å². The zero-order valence-electron chi connectivity index (χ0n) is 11.0. The van der Waals surface area contributed by atoms with Gasteiger partial charge in [-0.25, -0.2) is 0 Å². The van der Waals surface area contributed by atoms with Gasteiger partial charge in [-0.1, -0.05) is 24.3 Å². The third-order valence-corrected chi connectivity index (χ3v) is 3.68. The van der Waals surface area contributed by atoms with Gasteiger partial charge >= 0.3 is 0 Å². The molecule has 3 N–H and O–H groups in total. The van der Waals surface area contributed by atoms with Gasteiger partial charge < -0.3 is 15.5 Å². The summed E-state index contributed by atoms with van der Waals surface area (Å²) in [4.78, 5) is 4.41. The first kappa shape index (κ1) is 13.7. The molecule has 1 heterocycles. The van der Waals surface area contributed by atoms with E-state index in [9.17, 15) is 10.2 Å². The lowest BCUT2D eigenvalue weighted by atomic mass is 10.1. The Morgan fingerprint density at radius 2 is 1.90 bits per heavy atom. The van der Waals surface area contributed by atoms with Crippen molar-refractivity contribution in [2.75, 3.05) is 5.32 Å². The van der Waals surface area contributed by atoms with Crippen molar-refractivity contribution in [2.24, 2.45) is 0 Å². The Balaban J connectivity index is 1.90. The molecule has 5 heteroatoms. The number of anilines is 1. The number of aromatic hydroxyl groups is 2. The van der Waals surface area contributed by atoms with Crippen LogP contribution >= 0.6 is 15.9 Å². The fourth-order valence-electron chi connectivity index (χ4n) is 2.19. The van der Waals surface area contributed by atoms with Crippen LogP contribution in [0.4, 0.5) is 5.69 Å². The Labute approximate surface area is 130 Å². The quantitative estimate of drug-likeness (QED) is 0.628. The standard InChI is InChI=1S/C16H13BrN2O2/c17-12-7-10-3-1-5-13(15(10)19-9-12)18-8-11-4-2-6-14(20)16(11)21/h1-7,9,18,20-21H,8H2. The topological polar surface area (TPSA) is 65.4 Å². The van der Waals surface area contributed by atoms with Gasteiger partial charge in [0.1, 0.15) is 0 Å². The van der Waals surface area contributed by atoms with Crippen LogP contribution in [0.1, 0.15) is 5.56 Å². The van der Waals surface area contributed by atoms with Crippen LogP contribution in [0.15, 0.2) is 53.1 Å². The zero-order chi connectivity index (χ0) is 14.8. The zero-order valence-corrected chi connectivity index (χ0v) is 12.6. The van der Waals surface area contributed by atoms with Crippen molar-refractivity contribution in [3.8, 4) is 11.5 Å². The minimum Gasteiger partial charge on any atom is -0.504 e. The number of pyridine rings is 1. The maximum atomic E-state index is 9.81. The third-order valence-electron chi connectivity index (χ3n) is 3.25. The predicted octanol–water partition coefficient (Wildman–Crippen LogP) is 4.02. The molecule has 0 amide bonds. The number of rotatable bonds is 3. The molecule has 0 saturated carbocycles. The monoisotopic (exact) mass is 344 g/mol. The molecule has 21 heavy (non-hydrogen) atoms. The number of fused-ring (bicyclic) bond motifs is 1. The average molecular weight is 345 g/mol. The highest BCUT2D eigenvalue weighted by molar-refractivity contribution is 9.10. The highest BCUT2D eigenvalue weighted by atomic mass is 79.9. The molecule has 1 aromatic heterocycles. The molecule has 0 aliphatic rings. The third kappa shape index (κ3) is 2.78. The van der Waals surface area contributed by atoms with E-state index in [2.05, 4.69) is 26.2 Å². The summed E-state index contributed by atoms with van der Waals surface area (Å²) in [6.07, 6.45) is 1.75. The van der Waals surface area contributed by atoms with Crippen LogP contribution < -0.4 is 5.32 Å². The maximum Gasteiger partial charge on any atom is 0.162 e. The van der Waals surface area contributed by atoms with Crippen LogP contribution in [0.3, 0.4) is 0 Å². The van der Waals surface area contributed by atoms with Crippen LogP contribution in [-0.2, 0) is 6.54 Å². The van der Waals surface area contributed by atoms with E-state index in [-0.39, 0.29) is 11.5 Å². The lowest BCUT2D eigenvalue weighted by molar-refractivity contribution is 0.400. The van der Waals surface area contributed by atoms with Gasteiger partial charge in [-0.3, -0.25) is 4.98 Å². The summed E-state index contributed by atoms with van der Waals surface area (Å²) in [7, 11) is 0. The normalized spacial score (nSPS) is 10.7. The van der Waals surface area contributed by atoms with E-state index < -0.39 is 0 Å². The maximum absolute atomic E-state index is 9.81. The van der Waals surface area contributed by atoms with Crippen LogP contribution in [0, 0.1) is 0 Å². The number of nitrogens with zero attached hydrogens (tertiary/aromatic N) is 1. The Morgan fingerprint density at radius 1 is 1.10 bits per heavy atom. The van der Waals surface area contributed by atoms with E-state index in [0.717, 1.165) is 21.1 Å². The van der Waals surface area contributed by atoms with Crippen molar-refractivity contribution in [3.05, 3.63) is 58.7 Å². The summed E-state index contributed by atoms with van der Waals surface area (Å²) >= 11 is 3.41. The summed E-state index contributed by atoms with van der Waals surface area (Å²) in [6, 6.07) is 12.8. The number of para-hydroxylation sites is 2. The van der Waals surface area contributed by atoms with E-state index >= 15 is 0 Å². The Bertz CT molecular complexity index is 805. The second-order valence-electron chi connectivity index (χ2n) is 4.67. The number of benzene rings is 2. The first-order chi connectivity index (χ1) is 10.1. The first-order valence-electron chi connectivity index (χ1n) is 6.43. The molecule has 3 rings (SSSR count). The van der Waals surface area contributed by atoms with Gasteiger partial charge in [-0.2, -0.15) is 0 Å².